The Labute approximate surface area is 90.8 Å². The van der Waals surface area contributed by atoms with Crippen LogP contribution in [-0.4, -0.2) is 23.3 Å². The summed E-state index contributed by atoms with van der Waals surface area (Å²) in [5, 5.41) is 9.07. The molecule has 2 aliphatic carbocycles. The number of hydrogen-bond acceptors (Lipinski definition) is 2. The fourth-order valence-corrected chi connectivity index (χ4v) is 3.08. The SMILES string of the molecule is CC(C)C(OC1C2CCC1CC2)C(=O)O. The lowest BCUT2D eigenvalue weighted by molar-refractivity contribution is -0.160. The van der Waals surface area contributed by atoms with Crippen molar-refractivity contribution in [1.29, 1.82) is 0 Å². The molecule has 1 N–H and O–H groups in total. The number of ether oxygens (including phenoxy) is 1. The summed E-state index contributed by atoms with van der Waals surface area (Å²) in [5.41, 5.74) is 0. The highest BCUT2D eigenvalue weighted by molar-refractivity contribution is 5.72. The third kappa shape index (κ3) is 2.03. The molecule has 3 nitrogen and oxygen atoms in total. The fraction of sp³-hybridized carbons (Fsp3) is 0.917. The monoisotopic (exact) mass is 212 g/mol. The van der Waals surface area contributed by atoms with Gasteiger partial charge in [0.25, 0.3) is 0 Å². The van der Waals surface area contributed by atoms with Crippen molar-refractivity contribution in [3.8, 4) is 0 Å². The predicted molar refractivity (Wildman–Crippen MR) is 56.6 cm³/mol. The van der Waals surface area contributed by atoms with Gasteiger partial charge in [-0.1, -0.05) is 13.8 Å². The summed E-state index contributed by atoms with van der Waals surface area (Å²) in [6, 6.07) is 0. The first-order chi connectivity index (χ1) is 7.09. The van der Waals surface area contributed by atoms with Gasteiger partial charge in [-0.3, -0.25) is 0 Å². The molecule has 15 heavy (non-hydrogen) atoms. The van der Waals surface area contributed by atoms with Gasteiger partial charge in [-0.2, -0.15) is 0 Å². The summed E-state index contributed by atoms with van der Waals surface area (Å²) in [6.45, 7) is 3.82. The van der Waals surface area contributed by atoms with Gasteiger partial charge in [0.1, 0.15) is 0 Å². The lowest BCUT2D eigenvalue weighted by Gasteiger charge is -2.24. The van der Waals surface area contributed by atoms with Crippen LogP contribution < -0.4 is 0 Å². The second-order valence-electron chi connectivity index (χ2n) is 5.28. The molecule has 86 valence electrons. The van der Waals surface area contributed by atoms with E-state index in [9.17, 15) is 4.79 Å². The van der Waals surface area contributed by atoms with E-state index >= 15 is 0 Å². The Bertz CT molecular complexity index is 229. The lowest BCUT2D eigenvalue weighted by Crippen LogP contribution is -2.35. The molecule has 0 aromatic carbocycles. The van der Waals surface area contributed by atoms with Crippen LogP contribution in [0.25, 0.3) is 0 Å². The van der Waals surface area contributed by atoms with Gasteiger partial charge >= 0.3 is 5.97 Å². The fourth-order valence-electron chi connectivity index (χ4n) is 3.08. The first kappa shape index (κ1) is 10.9. The number of fused-ring (bicyclic) bond motifs is 2. The van der Waals surface area contributed by atoms with E-state index in [1.807, 2.05) is 13.8 Å². The van der Waals surface area contributed by atoms with Crippen molar-refractivity contribution >= 4 is 5.97 Å². The van der Waals surface area contributed by atoms with Crippen LogP contribution in [0.1, 0.15) is 39.5 Å². The van der Waals surface area contributed by atoms with Gasteiger partial charge in [0.05, 0.1) is 6.10 Å². The van der Waals surface area contributed by atoms with Crippen LogP contribution in [0.4, 0.5) is 0 Å². The highest BCUT2D eigenvalue weighted by Crippen LogP contribution is 2.46. The molecule has 2 bridgehead atoms. The summed E-state index contributed by atoms with van der Waals surface area (Å²) >= 11 is 0. The Morgan fingerprint density at radius 1 is 1.20 bits per heavy atom. The maximum atomic E-state index is 11.0. The number of aliphatic carboxylic acids is 1. The van der Waals surface area contributed by atoms with Gasteiger partial charge in [-0.25, -0.2) is 4.79 Å². The maximum Gasteiger partial charge on any atom is 0.333 e. The molecule has 2 rings (SSSR count). The number of hydrogen-bond donors (Lipinski definition) is 1. The first-order valence-corrected chi connectivity index (χ1v) is 5.98. The van der Waals surface area contributed by atoms with Crippen LogP contribution in [0, 0.1) is 17.8 Å². The Morgan fingerprint density at radius 2 is 1.67 bits per heavy atom. The average molecular weight is 212 g/mol. The molecule has 2 fully saturated rings. The molecule has 0 aliphatic heterocycles. The van der Waals surface area contributed by atoms with Crippen LogP contribution in [0.15, 0.2) is 0 Å². The van der Waals surface area contributed by atoms with Gasteiger partial charge in [0.2, 0.25) is 0 Å². The number of rotatable bonds is 4. The Kier molecular flexibility index (Phi) is 3.01. The molecule has 0 heterocycles. The molecule has 1 atom stereocenters. The zero-order valence-electron chi connectivity index (χ0n) is 9.48. The van der Waals surface area contributed by atoms with E-state index in [-0.39, 0.29) is 12.0 Å². The minimum absolute atomic E-state index is 0.0579. The van der Waals surface area contributed by atoms with Crippen LogP contribution in [0.3, 0.4) is 0 Å². The summed E-state index contributed by atoms with van der Waals surface area (Å²) in [4.78, 5) is 11.0. The van der Waals surface area contributed by atoms with Crippen molar-refractivity contribution in [2.24, 2.45) is 17.8 Å². The molecule has 2 aliphatic rings. The van der Waals surface area contributed by atoms with Crippen molar-refractivity contribution in [1.82, 2.24) is 0 Å². The van der Waals surface area contributed by atoms with E-state index in [0.29, 0.717) is 11.8 Å². The quantitative estimate of drug-likeness (QED) is 0.777. The normalized spacial score (nSPS) is 36.1. The predicted octanol–water partition coefficient (Wildman–Crippen LogP) is 2.30. The highest BCUT2D eigenvalue weighted by Gasteiger charge is 2.44. The smallest absolute Gasteiger partial charge is 0.333 e. The van der Waals surface area contributed by atoms with Crippen molar-refractivity contribution in [3.05, 3.63) is 0 Å². The molecule has 2 saturated carbocycles. The number of carboxylic acids is 1. The highest BCUT2D eigenvalue weighted by atomic mass is 16.5. The summed E-state index contributed by atoms with van der Waals surface area (Å²) < 4.78 is 5.82. The maximum absolute atomic E-state index is 11.0. The van der Waals surface area contributed by atoms with E-state index in [1.54, 1.807) is 0 Å². The molecule has 0 amide bonds. The van der Waals surface area contributed by atoms with Crippen LogP contribution >= 0.6 is 0 Å². The van der Waals surface area contributed by atoms with Crippen LogP contribution in [0.2, 0.25) is 0 Å². The van der Waals surface area contributed by atoms with Crippen molar-refractivity contribution in [2.75, 3.05) is 0 Å². The van der Waals surface area contributed by atoms with Crippen molar-refractivity contribution < 1.29 is 14.6 Å². The van der Waals surface area contributed by atoms with E-state index in [1.165, 1.54) is 25.7 Å². The molecule has 0 aromatic heterocycles. The second-order valence-corrected chi connectivity index (χ2v) is 5.28. The molecule has 0 spiro atoms. The molecule has 0 saturated heterocycles. The Balaban J connectivity index is 1.98. The van der Waals surface area contributed by atoms with Gasteiger partial charge in [-0.05, 0) is 43.4 Å². The average Bonchev–Trinajstić information content (AvgIpc) is 2.71. The van der Waals surface area contributed by atoms with E-state index < -0.39 is 12.1 Å². The third-order valence-corrected chi connectivity index (χ3v) is 3.90. The van der Waals surface area contributed by atoms with Gasteiger partial charge in [-0.15, -0.1) is 0 Å². The van der Waals surface area contributed by atoms with Crippen molar-refractivity contribution in [3.63, 3.8) is 0 Å². The number of carbonyl (C=O) groups is 1. The second kappa shape index (κ2) is 4.12. The van der Waals surface area contributed by atoms with Crippen LogP contribution in [-0.2, 0) is 9.53 Å². The standard InChI is InChI=1S/C12H20O3/c1-7(2)10(12(13)14)15-11-8-3-4-9(11)6-5-8/h7-11H,3-6H2,1-2H3,(H,13,14). The number of carboxylic acid groups (broad SMARTS) is 1. The third-order valence-electron chi connectivity index (χ3n) is 3.90. The zero-order valence-corrected chi connectivity index (χ0v) is 9.48. The van der Waals surface area contributed by atoms with Gasteiger partial charge in [0, 0.05) is 0 Å². The molecule has 0 radical (unpaired) electrons. The minimum atomic E-state index is -0.809. The van der Waals surface area contributed by atoms with E-state index in [2.05, 4.69) is 0 Å². The summed E-state index contributed by atoms with van der Waals surface area (Å²) in [5.74, 6) is 0.519. The van der Waals surface area contributed by atoms with Crippen LogP contribution in [0.5, 0.6) is 0 Å². The topological polar surface area (TPSA) is 46.5 Å². The molecule has 0 aromatic rings. The summed E-state index contributed by atoms with van der Waals surface area (Å²) in [7, 11) is 0. The largest absolute Gasteiger partial charge is 0.479 e. The molecular weight excluding hydrogens is 192 g/mol. The Hall–Kier alpha value is -0.570. The first-order valence-electron chi connectivity index (χ1n) is 5.98. The summed E-state index contributed by atoms with van der Waals surface area (Å²) in [6.07, 6.45) is 4.56. The van der Waals surface area contributed by atoms with Crippen molar-refractivity contribution in [2.45, 2.75) is 51.7 Å². The lowest BCUT2D eigenvalue weighted by atomic mass is 10.0. The Morgan fingerprint density at radius 3 is 2.00 bits per heavy atom. The van der Waals surface area contributed by atoms with Gasteiger partial charge < -0.3 is 9.84 Å². The zero-order chi connectivity index (χ0) is 11.0. The van der Waals surface area contributed by atoms with E-state index in [0.717, 1.165) is 0 Å². The molecule has 1 unspecified atom stereocenters. The molecular formula is C12H20O3. The van der Waals surface area contributed by atoms with Gasteiger partial charge in [0.15, 0.2) is 6.10 Å². The molecule has 3 heteroatoms. The van der Waals surface area contributed by atoms with E-state index in [4.69, 9.17) is 9.84 Å². The minimum Gasteiger partial charge on any atom is -0.479 e.